The summed E-state index contributed by atoms with van der Waals surface area (Å²) >= 11 is 0. The minimum Gasteiger partial charge on any atom is -0.369 e. The van der Waals surface area contributed by atoms with Crippen LogP contribution in [0.1, 0.15) is 6.42 Å². The number of nitrogens with zero attached hydrogens (tertiary/aromatic N) is 8. The first-order valence-electron chi connectivity index (χ1n) is 9.85. The van der Waals surface area contributed by atoms with Gasteiger partial charge in [0, 0.05) is 57.3 Å². The van der Waals surface area contributed by atoms with E-state index in [-0.39, 0.29) is 0 Å². The van der Waals surface area contributed by atoms with Gasteiger partial charge in [-0.25, -0.2) is 4.98 Å². The van der Waals surface area contributed by atoms with Gasteiger partial charge < -0.3 is 9.80 Å². The Balaban J connectivity index is 1.26. The van der Waals surface area contributed by atoms with E-state index < -0.39 is 0 Å². The summed E-state index contributed by atoms with van der Waals surface area (Å²) in [4.78, 5) is 15.9. The third-order valence-corrected chi connectivity index (χ3v) is 5.48. The Morgan fingerprint density at radius 3 is 2.50 bits per heavy atom. The van der Waals surface area contributed by atoms with Crippen molar-refractivity contribution in [3.63, 3.8) is 0 Å². The van der Waals surface area contributed by atoms with E-state index in [0.717, 1.165) is 69.8 Å². The average molecular weight is 376 g/mol. The molecular weight excluding hydrogens is 352 g/mol. The molecule has 8 heteroatoms. The second kappa shape index (κ2) is 7.55. The van der Waals surface area contributed by atoms with E-state index in [9.17, 15) is 0 Å². The zero-order valence-corrected chi connectivity index (χ0v) is 15.9. The molecule has 0 radical (unpaired) electrons. The highest BCUT2D eigenvalue weighted by molar-refractivity contribution is 5.52. The highest BCUT2D eigenvalue weighted by Crippen LogP contribution is 2.25. The minimum atomic E-state index is 0.777. The smallest absolute Gasteiger partial charge is 0.228 e. The van der Waals surface area contributed by atoms with Crippen molar-refractivity contribution in [3.05, 3.63) is 48.9 Å². The fraction of sp³-hybridized carbons (Fsp3) is 0.400. The summed E-state index contributed by atoms with van der Waals surface area (Å²) < 4.78 is 2.17. The van der Waals surface area contributed by atoms with Crippen LogP contribution in [0.3, 0.4) is 0 Å². The molecule has 2 aromatic heterocycles. The molecule has 3 aromatic rings. The SMILES string of the molecule is c1ccc(N2CCN(CN3CCCn4c(-c5cnccn5)nnc43)CC2)cc1. The first-order chi connectivity index (χ1) is 13.9. The van der Waals surface area contributed by atoms with Gasteiger partial charge in [-0.1, -0.05) is 18.2 Å². The molecule has 144 valence electrons. The van der Waals surface area contributed by atoms with Crippen molar-refractivity contribution < 1.29 is 0 Å². The van der Waals surface area contributed by atoms with E-state index in [0.29, 0.717) is 0 Å². The maximum absolute atomic E-state index is 4.48. The molecule has 2 aliphatic rings. The number of piperazine rings is 1. The Morgan fingerprint density at radius 1 is 0.857 bits per heavy atom. The van der Waals surface area contributed by atoms with E-state index in [1.165, 1.54) is 5.69 Å². The van der Waals surface area contributed by atoms with Gasteiger partial charge in [0.1, 0.15) is 5.69 Å². The molecule has 0 spiro atoms. The first-order valence-corrected chi connectivity index (χ1v) is 9.85. The Morgan fingerprint density at radius 2 is 1.71 bits per heavy atom. The molecule has 1 aromatic carbocycles. The Kier molecular flexibility index (Phi) is 4.62. The van der Waals surface area contributed by atoms with Crippen molar-refractivity contribution in [1.82, 2.24) is 29.6 Å². The van der Waals surface area contributed by atoms with E-state index >= 15 is 0 Å². The van der Waals surface area contributed by atoms with Gasteiger partial charge in [0.25, 0.3) is 0 Å². The van der Waals surface area contributed by atoms with Crippen LogP contribution in [0.2, 0.25) is 0 Å². The van der Waals surface area contributed by atoms with E-state index in [1.807, 2.05) is 0 Å². The number of aromatic nitrogens is 5. The summed E-state index contributed by atoms with van der Waals surface area (Å²) in [7, 11) is 0. The number of hydrogen-bond acceptors (Lipinski definition) is 7. The molecule has 8 nitrogen and oxygen atoms in total. The first kappa shape index (κ1) is 17.1. The van der Waals surface area contributed by atoms with Crippen molar-refractivity contribution in [2.24, 2.45) is 0 Å². The van der Waals surface area contributed by atoms with Crippen LogP contribution in [0.4, 0.5) is 11.6 Å². The summed E-state index contributed by atoms with van der Waals surface area (Å²) in [5.74, 6) is 1.75. The van der Waals surface area contributed by atoms with Crippen molar-refractivity contribution >= 4 is 11.6 Å². The molecule has 0 aliphatic carbocycles. The van der Waals surface area contributed by atoms with Gasteiger partial charge in [-0.05, 0) is 18.6 Å². The molecule has 4 heterocycles. The quantitative estimate of drug-likeness (QED) is 0.687. The highest BCUT2D eigenvalue weighted by atomic mass is 15.5. The molecule has 28 heavy (non-hydrogen) atoms. The van der Waals surface area contributed by atoms with Gasteiger partial charge in [0.05, 0.1) is 12.9 Å². The molecule has 0 N–H and O–H groups in total. The molecule has 1 saturated heterocycles. The van der Waals surface area contributed by atoms with Gasteiger partial charge >= 0.3 is 0 Å². The normalized spacial score (nSPS) is 17.6. The third kappa shape index (κ3) is 3.31. The number of hydrogen-bond donors (Lipinski definition) is 0. The zero-order valence-electron chi connectivity index (χ0n) is 15.9. The van der Waals surface area contributed by atoms with Gasteiger partial charge in [-0.15, -0.1) is 10.2 Å². The van der Waals surface area contributed by atoms with Gasteiger partial charge in [0.15, 0.2) is 5.82 Å². The van der Waals surface area contributed by atoms with Gasteiger partial charge in [-0.2, -0.15) is 0 Å². The predicted molar refractivity (Wildman–Crippen MR) is 108 cm³/mol. The topological polar surface area (TPSA) is 66.2 Å². The lowest BCUT2D eigenvalue weighted by Gasteiger charge is -2.39. The number of fused-ring (bicyclic) bond motifs is 1. The lowest BCUT2D eigenvalue weighted by Crippen LogP contribution is -2.51. The summed E-state index contributed by atoms with van der Waals surface area (Å²) in [6.07, 6.45) is 6.21. The molecule has 5 rings (SSSR count). The molecule has 0 unspecified atom stereocenters. The van der Waals surface area contributed by atoms with Crippen molar-refractivity contribution in [2.45, 2.75) is 13.0 Å². The maximum atomic E-state index is 4.48. The van der Waals surface area contributed by atoms with Crippen LogP contribution in [0.15, 0.2) is 48.9 Å². The number of para-hydroxylation sites is 1. The minimum absolute atomic E-state index is 0.777. The number of anilines is 2. The van der Waals surface area contributed by atoms with Gasteiger partial charge in [0.2, 0.25) is 5.95 Å². The van der Waals surface area contributed by atoms with Crippen molar-refractivity contribution in [1.29, 1.82) is 0 Å². The molecule has 1 fully saturated rings. The second-order valence-corrected chi connectivity index (χ2v) is 7.26. The van der Waals surface area contributed by atoms with Crippen LogP contribution in [-0.2, 0) is 6.54 Å². The standard InChI is InChI=1S/C20H24N8/c1-2-5-17(6-3-1)26-13-11-25(12-14-26)16-27-9-4-10-28-19(23-24-20(27)28)18-15-21-7-8-22-18/h1-3,5-8,15H,4,9-14,16H2. The van der Waals surface area contributed by atoms with Crippen LogP contribution in [0, 0.1) is 0 Å². The van der Waals surface area contributed by atoms with Crippen molar-refractivity contribution in [2.75, 3.05) is 49.2 Å². The number of benzene rings is 1. The molecule has 0 saturated carbocycles. The molecule has 2 aliphatic heterocycles. The third-order valence-electron chi connectivity index (χ3n) is 5.48. The zero-order chi connectivity index (χ0) is 18.8. The predicted octanol–water partition coefficient (Wildman–Crippen LogP) is 1.72. The van der Waals surface area contributed by atoms with Gasteiger partial charge in [-0.3, -0.25) is 14.5 Å². The van der Waals surface area contributed by atoms with Crippen molar-refractivity contribution in [3.8, 4) is 11.5 Å². The molecule has 0 amide bonds. The maximum Gasteiger partial charge on any atom is 0.228 e. The van der Waals surface area contributed by atoms with Crippen LogP contribution in [0.25, 0.3) is 11.5 Å². The lowest BCUT2D eigenvalue weighted by atomic mass is 10.2. The van der Waals surface area contributed by atoms with E-state index in [1.54, 1.807) is 18.6 Å². The summed E-state index contributed by atoms with van der Waals surface area (Å²) in [5.41, 5.74) is 2.09. The average Bonchev–Trinajstić information content (AvgIpc) is 3.21. The van der Waals surface area contributed by atoms with Crippen LogP contribution in [0.5, 0.6) is 0 Å². The Labute approximate surface area is 164 Å². The van der Waals surface area contributed by atoms with Crippen LogP contribution < -0.4 is 9.80 Å². The van der Waals surface area contributed by atoms with Crippen LogP contribution in [-0.4, -0.2) is 69.0 Å². The van der Waals surface area contributed by atoms with E-state index in [4.69, 9.17) is 0 Å². The van der Waals surface area contributed by atoms with Crippen LogP contribution >= 0.6 is 0 Å². The monoisotopic (exact) mass is 376 g/mol. The lowest BCUT2D eigenvalue weighted by molar-refractivity contribution is 0.251. The summed E-state index contributed by atoms with van der Waals surface area (Å²) in [6.45, 7) is 7.03. The highest BCUT2D eigenvalue weighted by Gasteiger charge is 2.26. The molecular formula is C20H24N8. The Bertz CT molecular complexity index is 902. The Hall–Kier alpha value is -3.00. The summed E-state index contributed by atoms with van der Waals surface area (Å²) in [6, 6.07) is 10.7. The molecule has 0 bridgehead atoms. The second-order valence-electron chi connectivity index (χ2n) is 7.26. The van der Waals surface area contributed by atoms with E-state index in [2.05, 4.69) is 69.8 Å². The fourth-order valence-electron chi connectivity index (χ4n) is 4.02. The fourth-order valence-corrected chi connectivity index (χ4v) is 4.02. The largest absolute Gasteiger partial charge is 0.369 e. The number of rotatable bonds is 4. The molecule has 0 atom stereocenters. The summed E-state index contributed by atoms with van der Waals surface area (Å²) in [5, 5.41) is 8.88.